The zero-order valence-electron chi connectivity index (χ0n) is 22.7. The maximum atomic E-state index is 12.1. The molecule has 0 spiro atoms. The number of ether oxygens (including phenoxy) is 1. The maximum absolute atomic E-state index is 12.1. The van der Waals surface area contributed by atoms with Crippen LogP contribution in [-0.4, -0.2) is 31.0 Å². The van der Waals surface area contributed by atoms with Gasteiger partial charge in [0.05, 0.1) is 0 Å². The first-order valence-corrected chi connectivity index (χ1v) is 21.4. The Hall–Kier alpha value is -0.771. The van der Waals surface area contributed by atoms with Crippen molar-refractivity contribution in [1.82, 2.24) is 0 Å². The summed E-state index contributed by atoms with van der Waals surface area (Å²) >= 11 is -2.55. The van der Waals surface area contributed by atoms with E-state index in [0.717, 1.165) is 6.42 Å². The number of hydrogen-bond donors (Lipinski definition) is 0. The van der Waals surface area contributed by atoms with Crippen molar-refractivity contribution in [3.8, 4) is 0 Å². The molecule has 0 fully saturated rings. The second-order valence-corrected chi connectivity index (χ2v) is 23.0. The van der Waals surface area contributed by atoms with Crippen LogP contribution in [0.5, 0.6) is 0 Å². The quantitative estimate of drug-likeness (QED) is 0.0773. The van der Waals surface area contributed by atoms with E-state index in [-0.39, 0.29) is 5.97 Å². The first kappa shape index (κ1) is 30.3. The summed E-state index contributed by atoms with van der Waals surface area (Å²) in [4.78, 5) is 12.1. The second kappa shape index (κ2) is 17.6. The molecule has 0 radical (unpaired) electrons. The predicted molar refractivity (Wildman–Crippen MR) is 149 cm³/mol. The Morgan fingerprint density at radius 3 is 1.91 bits per heavy atom. The number of esters is 1. The zero-order valence-corrected chi connectivity index (χ0v) is 25.6. The van der Waals surface area contributed by atoms with E-state index in [1.165, 1.54) is 94.2 Å². The molecule has 0 amide bonds. The molecule has 0 heterocycles. The van der Waals surface area contributed by atoms with Crippen molar-refractivity contribution in [2.45, 2.75) is 125 Å². The van der Waals surface area contributed by atoms with Gasteiger partial charge in [-0.05, 0) is 0 Å². The molecule has 0 unspecified atom stereocenters. The van der Waals surface area contributed by atoms with E-state index in [9.17, 15) is 4.79 Å². The van der Waals surface area contributed by atoms with Gasteiger partial charge in [0.15, 0.2) is 0 Å². The van der Waals surface area contributed by atoms with Gasteiger partial charge in [-0.25, -0.2) is 0 Å². The van der Waals surface area contributed by atoms with Gasteiger partial charge in [-0.15, -0.1) is 0 Å². The molecule has 2 nitrogen and oxygen atoms in total. The molecule has 0 bridgehead atoms. The fraction of sp³-hybridized carbons (Fsp3) is 0.700. The van der Waals surface area contributed by atoms with Crippen LogP contribution in [0, 0.1) is 6.92 Å². The van der Waals surface area contributed by atoms with Gasteiger partial charge in [-0.1, -0.05) is 0 Å². The minimum atomic E-state index is -2.55. The van der Waals surface area contributed by atoms with Gasteiger partial charge in [0.2, 0.25) is 0 Å². The van der Waals surface area contributed by atoms with Crippen LogP contribution >= 0.6 is 0 Å². The Labute approximate surface area is 209 Å². The fourth-order valence-electron chi connectivity index (χ4n) is 5.14. The molecule has 0 aliphatic heterocycles. The van der Waals surface area contributed by atoms with Crippen LogP contribution < -0.4 is 3.58 Å². The molecule has 0 saturated heterocycles. The van der Waals surface area contributed by atoms with Crippen molar-refractivity contribution in [3.05, 3.63) is 34.9 Å². The van der Waals surface area contributed by atoms with Crippen LogP contribution in [0.2, 0.25) is 13.3 Å². The van der Waals surface area contributed by atoms with E-state index < -0.39 is 18.4 Å². The first-order chi connectivity index (χ1) is 16.0. The van der Waals surface area contributed by atoms with Gasteiger partial charge in [0, 0.05) is 0 Å². The van der Waals surface area contributed by atoms with Crippen molar-refractivity contribution in [1.29, 1.82) is 0 Å². The molecule has 0 aliphatic carbocycles. The topological polar surface area (TPSA) is 26.3 Å². The second-order valence-electron chi connectivity index (χ2n) is 9.85. The molecule has 1 rings (SSSR count). The van der Waals surface area contributed by atoms with Crippen LogP contribution in [0.3, 0.4) is 0 Å². The van der Waals surface area contributed by atoms with E-state index in [2.05, 4.69) is 46.8 Å². The summed E-state index contributed by atoms with van der Waals surface area (Å²) in [5.41, 5.74) is 4.22. The van der Waals surface area contributed by atoms with E-state index in [0.29, 0.717) is 6.61 Å². The molecule has 3 heteroatoms. The van der Waals surface area contributed by atoms with Crippen molar-refractivity contribution in [3.63, 3.8) is 0 Å². The van der Waals surface area contributed by atoms with Crippen LogP contribution in [0.4, 0.5) is 0 Å². The van der Waals surface area contributed by atoms with Crippen LogP contribution in [0.25, 0.3) is 6.08 Å². The number of carbonyl (C=O) groups excluding carboxylic acids is 1. The van der Waals surface area contributed by atoms with E-state index in [4.69, 9.17) is 4.74 Å². The predicted octanol–water partition coefficient (Wildman–Crippen LogP) is 8.75. The average molecular weight is 563 g/mol. The summed E-state index contributed by atoms with van der Waals surface area (Å²) in [6.07, 6.45) is 17.9. The molecule has 33 heavy (non-hydrogen) atoms. The van der Waals surface area contributed by atoms with Gasteiger partial charge in [-0.2, -0.15) is 0 Å². The first-order valence-electron chi connectivity index (χ1n) is 14.0. The number of hydrogen-bond acceptors (Lipinski definition) is 2. The zero-order chi connectivity index (χ0) is 24.5. The van der Waals surface area contributed by atoms with E-state index in [1.54, 1.807) is 9.66 Å². The summed E-state index contributed by atoms with van der Waals surface area (Å²) in [6, 6.07) is 5.03. The molecule has 1 aromatic carbocycles. The van der Waals surface area contributed by atoms with Gasteiger partial charge >= 0.3 is 211 Å². The molecule has 0 aromatic heterocycles. The number of aryl methyl sites for hydroxylation is 2. The van der Waals surface area contributed by atoms with E-state index >= 15 is 0 Å². The molecular weight excluding hydrogens is 511 g/mol. The summed E-state index contributed by atoms with van der Waals surface area (Å²) < 4.78 is 11.3. The minimum absolute atomic E-state index is 0.228. The van der Waals surface area contributed by atoms with Crippen LogP contribution in [-0.2, 0) is 16.0 Å². The molecule has 0 N–H and O–H groups in total. The molecule has 0 saturated carbocycles. The Morgan fingerprint density at radius 1 is 0.818 bits per heavy atom. The van der Waals surface area contributed by atoms with E-state index in [1.807, 2.05) is 13.0 Å². The monoisotopic (exact) mass is 564 g/mol. The number of rotatable bonds is 18. The fourth-order valence-corrected chi connectivity index (χ4v) is 22.3. The third-order valence-corrected chi connectivity index (χ3v) is 23.1. The van der Waals surface area contributed by atoms with Gasteiger partial charge < -0.3 is 0 Å². The Bertz CT molecular complexity index is 686. The normalized spacial score (nSPS) is 11.9. The van der Waals surface area contributed by atoms with Crippen molar-refractivity contribution in [2.75, 3.05) is 6.61 Å². The molecule has 1 aromatic rings. The summed E-state index contributed by atoms with van der Waals surface area (Å²) in [5, 5.41) is 0. The summed E-state index contributed by atoms with van der Waals surface area (Å²) in [5.74, 6) is -0.228. The summed E-state index contributed by atoms with van der Waals surface area (Å²) in [6.45, 7) is 14.0. The van der Waals surface area contributed by atoms with Gasteiger partial charge in [-0.3, -0.25) is 0 Å². The van der Waals surface area contributed by atoms with Crippen LogP contribution in [0.1, 0.15) is 116 Å². The number of unbranched alkanes of at least 4 members (excludes halogenated alkanes) is 6. The van der Waals surface area contributed by atoms with Crippen LogP contribution in [0.15, 0.2) is 18.2 Å². The molecule has 0 aliphatic rings. The Balaban J connectivity index is 3.48. The molecular formula is C30H52O2Sn. The third kappa shape index (κ3) is 10.6. The SMILES string of the molecule is CCCCCCc1cc(C)[c]([Sn]([CH2]CCC)([CH2]CCC)[CH2]CCC)cc1/C=C/C(=O)OCC. The Kier molecular flexibility index (Phi) is 16.2. The molecule has 0 atom stereocenters. The van der Waals surface area contributed by atoms with Crippen molar-refractivity contribution in [2.24, 2.45) is 0 Å². The summed E-state index contributed by atoms with van der Waals surface area (Å²) in [7, 11) is 0. The number of carbonyl (C=O) groups is 1. The third-order valence-electron chi connectivity index (χ3n) is 7.07. The van der Waals surface area contributed by atoms with Gasteiger partial charge in [0.1, 0.15) is 0 Å². The number of benzene rings is 1. The van der Waals surface area contributed by atoms with Crippen molar-refractivity contribution >= 4 is 34.0 Å². The molecule has 188 valence electrons. The Morgan fingerprint density at radius 2 is 1.39 bits per heavy atom. The van der Waals surface area contributed by atoms with Crippen molar-refractivity contribution < 1.29 is 9.53 Å². The standard InChI is InChI=1S/C18H25O2.3C4H9.Sn/c1-4-6-7-8-9-17-14-15(3)10-11-16(17)12-13-18(19)20-5-2;3*1-3-4-2;/h11-14H,4-9H2,1-3H3;3*1,3-4H2,2H3;/b13-12+;;;;. The average Bonchev–Trinajstić information content (AvgIpc) is 2.81. The van der Waals surface area contributed by atoms with Gasteiger partial charge in [0.25, 0.3) is 0 Å².